The lowest BCUT2D eigenvalue weighted by Gasteiger charge is -2.32. The van der Waals surface area contributed by atoms with Crippen LogP contribution in [0, 0.1) is 52.3 Å². The van der Waals surface area contributed by atoms with Crippen LogP contribution in [0.15, 0.2) is 214 Å². The number of nitro groups is 1. The van der Waals surface area contributed by atoms with Gasteiger partial charge < -0.3 is 39.4 Å². The molecule has 9 aromatic rings. The smallest absolute Gasteiger partial charge is 0.354 e. The van der Waals surface area contributed by atoms with Crippen LogP contribution in [0.4, 0.5) is 0 Å². The molecular formula is C94H99ClI6N8O15. The van der Waals surface area contributed by atoms with E-state index >= 15 is 0 Å². The Morgan fingerprint density at radius 2 is 1.03 bits per heavy atom. The number of nitrogens with one attached hydrogen (secondary N) is 2. The molecule has 5 atom stereocenters. The first-order chi connectivity index (χ1) is 59.6. The van der Waals surface area contributed by atoms with Crippen LogP contribution >= 0.6 is 143 Å². The number of aldehydes is 1. The van der Waals surface area contributed by atoms with Gasteiger partial charge in [0, 0.05) is 183 Å². The molecule has 5 saturated heterocycles. The number of likely N-dealkylation sites (tertiary alicyclic amines) is 2. The zero-order valence-corrected chi connectivity index (χ0v) is 83.1. The van der Waals surface area contributed by atoms with Crippen molar-refractivity contribution in [2.75, 3.05) is 45.9 Å². The highest BCUT2D eigenvalue weighted by molar-refractivity contribution is 14.2. The first-order valence-corrected chi connectivity index (χ1v) is 49.7. The topological polar surface area (TPSA) is 303 Å². The van der Waals surface area contributed by atoms with Crippen LogP contribution in [-0.2, 0) is 76.3 Å². The minimum absolute atomic E-state index is 0.0366. The predicted octanol–water partition coefficient (Wildman–Crippen LogP) is 18.4. The highest BCUT2D eigenvalue weighted by Crippen LogP contribution is 2.39. The number of hydrogen-bond donors (Lipinski definition) is 2. The average molecular weight is 2380 g/mol. The zero-order chi connectivity index (χ0) is 89.7. The Bertz CT molecular complexity index is 5230. The van der Waals surface area contributed by atoms with Crippen LogP contribution in [0.3, 0.4) is 0 Å². The largest absolute Gasteiger partial charge is 0.466 e. The molecule has 6 aliphatic rings. The molecule has 6 fully saturated rings. The number of hydrogen-bond acceptors (Lipinski definition) is 18. The van der Waals surface area contributed by atoms with Gasteiger partial charge in [-0.25, -0.2) is 14.4 Å². The Morgan fingerprint density at radius 1 is 0.597 bits per heavy atom. The van der Waals surface area contributed by atoms with Gasteiger partial charge in [-0.1, -0.05) is 125 Å². The van der Waals surface area contributed by atoms with E-state index < -0.39 is 55.3 Å². The van der Waals surface area contributed by atoms with Gasteiger partial charge in [-0.2, -0.15) is 0 Å². The van der Waals surface area contributed by atoms with Crippen molar-refractivity contribution in [3.8, 4) is 0 Å². The number of aromatic nitrogens is 3. The summed E-state index contributed by atoms with van der Waals surface area (Å²) in [4.78, 5) is 130. The number of halogens is 7. The molecule has 124 heavy (non-hydrogen) atoms. The quantitative estimate of drug-likeness (QED) is 0.0105. The van der Waals surface area contributed by atoms with E-state index in [2.05, 4.69) is 199 Å². The van der Waals surface area contributed by atoms with Crippen LogP contribution in [0.2, 0.25) is 0 Å². The van der Waals surface area contributed by atoms with Crippen LogP contribution in [0.1, 0.15) is 173 Å². The van der Waals surface area contributed by atoms with E-state index in [0.29, 0.717) is 88.4 Å². The lowest BCUT2D eigenvalue weighted by atomic mass is 9.96. The number of carbonyl (C=O) groups excluding carboxylic acids is 9. The standard InChI is InChI=1S/C18H19IN2O.C18H18INO5.C17H17IN2O.C12H14INO4.C10H10INO.C7H8ClN.C7H5IO.C5H8O2/c1-13-10-20-7-6-15(13)11-21-12-16(9-18(21)22)14-4-3-5-17(8-14)19-2;21-14-9-12(10-20-14)11-4-3-5-13(8-11)19-15-16(22)24-18(25-17(15)23)6-1-2-7-18;1-12-9-19-6-5-14(12)10-20-11-15(8-17(20)21)13-3-2-4-16(18)7-13;1-2-18-12(15)7-10(8-14(16)17)9-4-3-5-11(13)6-9;11-9-3-1-2-7(4-9)8-5-10(13)12-6-8;1-6-5-9-3-2-7(6)4-8;8-7-3-1-2-6(4-7)5-9;1-3-5(6)7-4-2/h3-8,10,16H,2,9,11-12H2,1H3;3-5,8,12H,1-2,6-7,9-10H2,(H,20,21);2-7,9,15H,8,10-11H2,1H3;3-6,10H,2,7-8H2,1H3;1-4,8H,5-6H2,(H,12,13);2-3,5H,4H2,1H3;1-5H;3H,1,4H2,2H3. The van der Waals surface area contributed by atoms with Gasteiger partial charge in [0.15, 0.2) is 3.51 Å². The van der Waals surface area contributed by atoms with E-state index in [1.807, 2.05) is 134 Å². The van der Waals surface area contributed by atoms with Crippen molar-refractivity contribution in [2.24, 2.45) is 0 Å². The number of alkyl halides is 1. The lowest BCUT2D eigenvalue weighted by molar-refractivity contribution is -0.483. The summed E-state index contributed by atoms with van der Waals surface area (Å²) < 4.78 is 31.3. The molecule has 0 radical (unpaired) electrons. The molecule has 8 heterocycles. The molecule has 23 nitrogen and oxygen atoms in total. The molecule has 15 rings (SSSR count). The monoisotopic (exact) mass is 2380 g/mol. The minimum atomic E-state index is -1.01. The molecule has 654 valence electrons. The maximum Gasteiger partial charge on any atom is 0.354 e. The van der Waals surface area contributed by atoms with Crippen molar-refractivity contribution in [3.63, 3.8) is 0 Å². The van der Waals surface area contributed by atoms with E-state index in [1.165, 1.54) is 38.5 Å². The molecule has 5 aliphatic heterocycles. The zero-order valence-electron chi connectivity index (χ0n) is 69.4. The summed E-state index contributed by atoms with van der Waals surface area (Å²) in [5.74, 6) is -0.804. The van der Waals surface area contributed by atoms with Crippen molar-refractivity contribution in [2.45, 2.75) is 147 Å². The second-order valence-corrected chi connectivity index (χ2v) is 39.5. The number of amides is 4. The van der Waals surface area contributed by atoms with Crippen molar-refractivity contribution >= 4 is 205 Å². The van der Waals surface area contributed by atoms with E-state index in [-0.39, 0.29) is 79.3 Å². The third-order valence-electron chi connectivity index (χ3n) is 20.4. The van der Waals surface area contributed by atoms with E-state index in [1.54, 1.807) is 44.6 Å². The van der Waals surface area contributed by atoms with Crippen molar-refractivity contribution < 1.29 is 67.0 Å². The van der Waals surface area contributed by atoms with Crippen LogP contribution < -0.4 is 10.6 Å². The van der Waals surface area contributed by atoms with E-state index in [0.717, 1.165) is 94.5 Å². The fraction of sp³-hybridized carbons (Fsp3) is 0.319. The first kappa shape index (κ1) is 101. The van der Waals surface area contributed by atoms with E-state index in [4.69, 9.17) is 25.8 Å². The molecule has 6 aromatic carbocycles. The molecule has 30 heteroatoms. The average Bonchev–Trinajstić information content (AvgIpc) is 1.46. The van der Waals surface area contributed by atoms with Gasteiger partial charge >= 0.3 is 23.9 Å². The summed E-state index contributed by atoms with van der Waals surface area (Å²) in [6.45, 7) is 17.6. The Balaban J connectivity index is 0.000000181. The summed E-state index contributed by atoms with van der Waals surface area (Å²) in [5, 5.41) is 16.3. The summed E-state index contributed by atoms with van der Waals surface area (Å²) in [5.41, 5.74) is 13.4. The number of pyridine rings is 3. The number of rotatable bonds is 20. The van der Waals surface area contributed by atoms with Crippen LogP contribution in [0.5, 0.6) is 0 Å². The Labute approximate surface area is 803 Å². The fourth-order valence-electron chi connectivity index (χ4n) is 13.9. The molecule has 1 spiro atoms. The normalized spacial score (nSPS) is 17.1. The number of nitrogens with zero attached hydrogens (tertiary/aromatic N) is 6. The van der Waals surface area contributed by atoms with Gasteiger partial charge in [0.2, 0.25) is 30.2 Å². The van der Waals surface area contributed by atoms with Gasteiger partial charge in [0.25, 0.3) is 5.79 Å². The molecular weight excluding hydrogens is 2280 g/mol. The maximum absolute atomic E-state index is 12.4. The first-order valence-electron chi connectivity index (χ1n) is 40.0. The minimum Gasteiger partial charge on any atom is -0.466 e. The molecule has 1 aliphatic carbocycles. The third-order valence-corrected chi connectivity index (χ3v) is 27.7. The molecule has 1 saturated carbocycles. The Hall–Kier alpha value is -8.25. The molecule has 4 amide bonds. The number of esters is 4. The lowest BCUT2D eigenvalue weighted by Crippen LogP contribution is -2.48. The van der Waals surface area contributed by atoms with Crippen molar-refractivity contribution in [3.05, 3.63) is 312 Å². The highest BCUT2D eigenvalue weighted by Gasteiger charge is 2.48. The highest BCUT2D eigenvalue weighted by atomic mass is 127. The summed E-state index contributed by atoms with van der Waals surface area (Å²) >= 11 is 13.4. The number of carbonyl (C=O) groups is 9. The third kappa shape index (κ3) is 33.5. The van der Waals surface area contributed by atoms with E-state index in [9.17, 15) is 53.3 Å². The van der Waals surface area contributed by atoms with Gasteiger partial charge in [-0.15, -0.1) is 11.6 Å². The molecule has 5 unspecified atom stereocenters. The van der Waals surface area contributed by atoms with Crippen LogP contribution in [-0.4, -0.2) is 143 Å². The summed E-state index contributed by atoms with van der Waals surface area (Å²) in [6, 6.07) is 54.0. The molecule has 2 N–H and O–H groups in total. The number of ether oxygens (including phenoxy) is 4. The van der Waals surface area contributed by atoms with Gasteiger partial charge in [-0.05, 0) is 290 Å². The summed E-state index contributed by atoms with van der Waals surface area (Å²) in [6.07, 6.45) is 18.2. The second-order valence-electron chi connectivity index (χ2n) is 29.4. The Morgan fingerprint density at radius 3 is 1.44 bits per heavy atom. The van der Waals surface area contributed by atoms with Gasteiger partial charge in [0.1, 0.15) is 6.29 Å². The van der Waals surface area contributed by atoms with Gasteiger partial charge in [0.05, 0.1) is 25.6 Å². The predicted molar refractivity (Wildman–Crippen MR) is 531 cm³/mol. The van der Waals surface area contributed by atoms with Crippen molar-refractivity contribution in [1.29, 1.82) is 0 Å². The SMILES string of the molecule is C=CC(=O)OCC.C=Ic1cccc(C2CC(=O)N(Cc3ccncc3C)C2)c1.CCOC(=O)CC(C[N+](=O)[O-])c1cccc(I)c1.Cc1cnccc1CCl.Cc1cnccc1CN1CC(c2cccc(I)c2)CC1=O.O=C1CC(c2cccc(I)c2)CN1.O=C1CC(c2cccc(I=C3C(=O)OC4(CCCC4)OC3=O)c2)CN1.O=Cc1cccc(I)c1. The Kier molecular flexibility index (Phi) is 43.0. The number of benzene rings is 6. The van der Waals surface area contributed by atoms with Crippen molar-refractivity contribution in [1.82, 2.24) is 35.4 Å². The number of aryl methyl sites for hydroxylation is 3. The maximum atomic E-state index is 12.4. The fourth-order valence-corrected chi connectivity index (χ4v) is 19.6. The molecule has 0 bridgehead atoms. The van der Waals surface area contributed by atoms with Crippen LogP contribution in [0.25, 0.3) is 0 Å². The van der Waals surface area contributed by atoms with Gasteiger partial charge in [-0.3, -0.25) is 53.8 Å². The second kappa shape index (κ2) is 52.8. The summed E-state index contributed by atoms with van der Waals surface area (Å²) in [7, 11) is 0. The molecule has 3 aromatic heterocycles.